The Bertz CT molecular complexity index is 1080. The Kier molecular flexibility index (Phi) is 21.0. The van der Waals surface area contributed by atoms with E-state index in [1.165, 1.54) is 27.2 Å². The fourth-order valence-corrected chi connectivity index (χ4v) is 4.89. The highest BCUT2D eigenvalue weighted by Gasteiger charge is 2.29. The SMILES string of the molecule is CN(C)CCOCCOCCOCCOCCOCCOCCOCCOCCN(C)C(=O)OCC1c2ccccc2-c2ccccc21. The van der Waals surface area contributed by atoms with Crippen molar-refractivity contribution >= 4 is 6.09 Å². The molecule has 1 aliphatic carbocycles. The van der Waals surface area contributed by atoms with Crippen LogP contribution in [0.15, 0.2) is 48.5 Å². The van der Waals surface area contributed by atoms with E-state index in [1.807, 2.05) is 38.4 Å². The molecule has 0 atom stereocenters. The van der Waals surface area contributed by atoms with Gasteiger partial charge in [0, 0.05) is 26.1 Å². The van der Waals surface area contributed by atoms with Gasteiger partial charge in [0.1, 0.15) is 6.61 Å². The number of ether oxygens (including phenoxy) is 9. The van der Waals surface area contributed by atoms with E-state index in [9.17, 15) is 4.79 Å². The number of carbonyl (C=O) groups is 1. The van der Waals surface area contributed by atoms with Crippen molar-refractivity contribution in [2.45, 2.75) is 5.92 Å². The molecule has 0 unspecified atom stereocenters. The highest BCUT2D eigenvalue weighted by atomic mass is 16.6. The zero-order valence-corrected chi connectivity index (χ0v) is 29.1. The molecule has 0 radical (unpaired) electrons. The Balaban J connectivity index is 1.02. The third kappa shape index (κ3) is 16.2. The number of nitrogens with zero attached hydrogens (tertiary/aromatic N) is 2. The van der Waals surface area contributed by atoms with Crippen LogP contribution in [0.5, 0.6) is 0 Å². The second-order valence-corrected chi connectivity index (χ2v) is 11.4. The number of rotatable bonds is 29. The van der Waals surface area contributed by atoms with E-state index < -0.39 is 0 Å². The second kappa shape index (κ2) is 25.3. The molecule has 12 nitrogen and oxygen atoms in total. The van der Waals surface area contributed by atoms with Crippen LogP contribution in [0.25, 0.3) is 11.1 Å². The highest BCUT2D eigenvalue weighted by Crippen LogP contribution is 2.44. The molecule has 2 aromatic carbocycles. The second-order valence-electron chi connectivity index (χ2n) is 11.4. The van der Waals surface area contributed by atoms with E-state index >= 15 is 0 Å². The largest absolute Gasteiger partial charge is 0.448 e. The van der Waals surface area contributed by atoms with Crippen LogP contribution in [-0.2, 0) is 42.6 Å². The summed E-state index contributed by atoms with van der Waals surface area (Å²) in [5.74, 6) is 0.0435. The Morgan fingerprint density at radius 1 is 0.500 bits per heavy atom. The summed E-state index contributed by atoms with van der Waals surface area (Å²) in [5, 5.41) is 0. The van der Waals surface area contributed by atoms with Crippen molar-refractivity contribution in [3.8, 4) is 11.1 Å². The highest BCUT2D eigenvalue weighted by molar-refractivity contribution is 5.79. The van der Waals surface area contributed by atoms with Crippen molar-refractivity contribution in [1.82, 2.24) is 9.80 Å². The molecule has 1 amide bonds. The molecule has 0 N–H and O–H groups in total. The minimum absolute atomic E-state index is 0.0435. The van der Waals surface area contributed by atoms with Crippen LogP contribution in [-0.4, -0.2) is 162 Å². The van der Waals surface area contributed by atoms with Gasteiger partial charge in [0.25, 0.3) is 0 Å². The Hall–Kier alpha value is -2.65. The number of hydrogen-bond acceptors (Lipinski definition) is 11. The molecule has 0 bridgehead atoms. The minimum atomic E-state index is -0.360. The van der Waals surface area contributed by atoms with Gasteiger partial charge in [0.2, 0.25) is 0 Å². The van der Waals surface area contributed by atoms with E-state index in [-0.39, 0.29) is 12.0 Å². The molecule has 0 aliphatic heterocycles. The summed E-state index contributed by atoms with van der Waals surface area (Å²) in [7, 11) is 5.75. The van der Waals surface area contributed by atoms with Crippen molar-refractivity contribution in [1.29, 1.82) is 0 Å². The summed E-state index contributed by atoms with van der Waals surface area (Å²) in [6, 6.07) is 16.6. The first-order valence-electron chi connectivity index (χ1n) is 16.9. The molecule has 48 heavy (non-hydrogen) atoms. The molecule has 2 aromatic rings. The van der Waals surface area contributed by atoms with Crippen LogP contribution in [0.4, 0.5) is 4.79 Å². The Morgan fingerprint density at radius 2 is 0.833 bits per heavy atom. The number of likely N-dealkylation sites (N-methyl/N-ethyl adjacent to an activating group) is 2. The molecule has 12 heteroatoms. The number of amides is 1. The number of fused-ring (bicyclic) bond motifs is 3. The number of carbonyl (C=O) groups excluding carboxylic acids is 1. The van der Waals surface area contributed by atoms with Gasteiger partial charge in [-0.05, 0) is 36.3 Å². The predicted octanol–water partition coefficient (Wildman–Crippen LogP) is 3.56. The van der Waals surface area contributed by atoms with Crippen molar-refractivity contribution in [3.05, 3.63) is 59.7 Å². The molecule has 1 aliphatic rings. The summed E-state index contributed by atoms with van der Waals surface area (Å²) in [5.41, 5.74) is 4.81. The molecule has 0 fully saturated rings. The molecular weight excluding hydrogens is 620 g/mol. The fourth-order valence-electron chi connectivity index (χ4n) is 4.89. The zero-order valence-electron chi connectivity index (χ0n) is 29.1. The van der Waals surface area contributed by atoms with Crippen LogP contribution in [0.2, 0.25) is 0 Å². The maximum atomic E-state index is 12.6. The Morgan fingerprint density at radius 3 is 1.21 bits per heavy atom. The van der Waals surface area contributed by atoms with Gasteiger partial charge >= 0.3 is 6.09 Å². The predicted molar refractivity (Wildman–Crippen MR) is 183 cm³/mol. The smallest absolute Gasteiger partial charge is 0.409 e. The quantitative estimate of drug-likeness (QED) is 0.118. The molecule has 270 valence electrons. The first kappa shape index (κ1) is 39.8. The molecule has 3 rings (SSSR count). The van der Waals surface area contributed by atoms with Crippen molar-refractivity contribution in [2.75, 3.05) is 147 Å². The maximum absolute atomic E-state index is 12.6. The van der Waals surface area contributed by atoms with Crippen molar-refractivity contribution in [2.24, 2.45) is 0 Å². The van der Waals surface area contributed by atoms with Crippen LogP contribution >= 0.6 is 0 Å². The van der Waals surface area contributed by atoms with Gasteiger partial charge in [0.05, 0.1) is 106 Å². The molecule has 0 aromatic heterocycles. The van der Waals surface area contributed by atoms with E-state index in [1.54, 1.807) is 7.05 Å². The van der Waals surface area contributed by atoms with E-state index in [0.717, 1.165) is 6.54 Å². The first-order valence-corrected chi connectivity index (χ1v) is 16.9. The summed E-state index contributed by atoms with van der Waals surface area (Å²) >= 11 is 0. The van der Waals surface area contributed by atoms with Gasteiger partial charge in [-0.3, -0.25) is 0 Å². The van der Waals surface area contributed by atoms with E-state index in [4.69, 9.17) is 42.6 Å². The molecule has 0 saturated carbocycles. The average Bonchev–Trinajstić information content (AvgIpc) is 3.41. The van der Waals surface area contributed by atoms with Gasteiger partial charge in [-0.15, -0.1) is 0 Å². The summed E-state index contributed by atoms with van der Waals surface area (Å²) in [6.07, 6.45) is -0.360. The van der Waals surface area contributed by atoms with Gasteiger partial charge < -0.3 is 52.4 Å². The lowest BCUT2D eigenvalue weighted by atomic mass is 9.98. The zero-order chi connectivity index (χ0) is 34.1. The number of benzene rings is 2. The third-order valence-corrected chi connectivity index (χ3v) is 7.51. The molecule has 0 saturated heterocycles. The van der Waals surface area contributed by atoms with E-state index in [2.05, 4.69) is 29.2 Å². The average molecular weight is 677 g/mol. The van der Waals surface area contributed by atoms with Gasteiger partial charge in [-0.25, -0.2) is 4.79 Å². The molecule has 0 heterocycles. The van der Waals surface area contributed by atoms with Crippen LogP contribution in [0, 0.1) is 0 Å². The van der Waals surface area contributed by atoms with Gasteiger partial charge in [-0.2, -0.15) is 0 Å². The van der Waals surface area contributed by atoms with Gasteiger partial charge in [-0.1, -0.05) is 48.5 Å². The number of hydrogen-bond donors (Lipinski definition) is 0. The van der Waals surface area contributed by atoms with Crippen LogP contribution in [0.3, 0.4) is 0 Å². The Labute approximate surface area is 286 Å². The monoisotopic (exact) mass is 676 g/mol. The standard InChI is InChI=1S/C36H56N2O10/c1-37(2)12-14-40-16-18-42-20-22-44-24-26-46-28-29-47-27-25-45-23-21-43-19-17-41-15-13-38(3)36(39)48-30-35-33-10-6-4-8-31(33)32-9-5-7-11-34(32)35/h4-11,35H,12-30H2,1-3H3. The topological polar surface area (TPSA) is 107 Å². The normalized spacial score (nSPS) is 12.4. The van der Waals surface area contributed by atoms with Crippen molar-refractivity contribution in [3.63, 3.8) is 0 Å². The molecule has 0 spiro atoms. The van der Waals surface area contributed by atoms with Crippen molar-refractivity contribution < 1.29 is 47.4 Å². The first-order chi connectivity index (χ1) is 23.6. The minimum Gasteiger partial charge on any atom is -0.448 e. The lowest BCUT2D eigenvalue weighted by Crippen LogP contribution is -2.32. The lowest BCUT2D eigenvalue weighted by molar-refractivity contribution is -0.0235. The summed E-state index contributed by atoms with van der Waals surface area (Å²) in [6.45, 7) is 9.90. The summed E-state index contributed by atoms with van der Waals surface area (Å²) < 4.78 is 49.7. The van der Waals surface area contributed by atoms with E-state index in [0.29, 0.717) is 119 Å². The summed E-state index contributed by atoms with van der Waals surface area (Å²) in [4.78, 5) is 16.2. The molecular formula is C36H56N2O10. The van der Waals surface area contributed by atoms with Crippen LogP contribution in [0.1, 0.15) is 17.0 Å². The fraction of sp³-hybridized carbons (Fsp3) is 0.639. The van der Waals surface area contributed by atoms with Gasteiger partial charge in [0.15, 0.2) is 0 Å². The maximum Gasteiger partial charge on any atom is 0.409 e. The lowest BCUT2D eigenvalue weighted by Gasteiger charge is -2.19. The third-order valence-electron chi connectivity index (χ3n) is 7.51. The van der Waals surface area contributed by atoms with Crippen LogP contribution < -0.4 is 0 Å².